The van der Waals surface area contributed by atoms with Crippen molar-refractivity contribution < 1.29 is 27.9 Å². The van der Waals surface area contributed by atoms with Crippen LogP contribution in [0, 0.1) is 0 Å². The van der Waals surface area contributed by atoms with Gasteiger partial charge in [0.15, 0.2) is 0 Å². The van der Waals surface area contributed by atoms with Crippen LogP contribution in [-0.4, -0.2) is 42.4 Å². The first-order chi connectivity index (χ1) is 12.4. The topological polar surface area (TPSA) is 113 Å². The smallest absolute Gasteiger partial charge is 0.322 e. The van der Waals surface area contributed by atoms with Gasteiger partial charge in [0.1, 0.15) is 17.5 Å². The van der Waals surface area contributed by atoms with E-state index in [-0.39, 0.29) is 11.6 Å². The number of para-hydroxylation sites is 1. The van der Waals surface area contributed by atoms with E-state index in [9.17, 15) is 23.1 Å². The van der Waals surface area contributed by atoms with Crippen molar-refractivity contribution in [1.29, 1.82) is 0 Å². The van der Waals surface area contributed by atoms with E-state index in [4.69, 9.17) is 4.74 Å². The molecular formula is C17H16N2O6S. The molecule has 0 aromatic heterocycles. The van der Waals surface area contributed by atoms with Gasteiger partial charge in [-0.1, -0.05) is 18.2 Å². The molecule has 3 rings (SSSR count). The summed E-state index contributed by atoms with van der Waals surface area (Å²) in [5.74, 6) is -0.826. The maximum absolute atomic E-state index is 12.7. The monoisotopic (exact) mass is 376 g/mol. The van der Waals surface area contributed by atoms with Gasteiger partial charge >= 0.3 is 5.97 Å². The maximum atomic E-state index is 12.7. The standard InChI is InChI=1S/C17H16N2O6S/c20-16-10-15(17(21)22)19(11-18-16)26(23,24)14-8-6-13(7-9-14)25-12-4-2-1-3-5-12/h1-9,15H,10-11H2,(H,18,20)(H,21,22). The molecule has 1 fully saturated rings. The van der Waals surface area contributed by atoms with E-state index >= 15 is 0 Å². The number of hydrogen-bond acceptors (Lipinski definition) is 5. The van der Waals surface area contributed by atoms with Crippen molar-refractivity contribution in [3.63, 3.8) is 0 Å². The number of carboxylic acid groups (broad SMARTS) is 1. The fourth-order valence-electron chi connectivity index (χ4n) is 2.53. The van der Waals surface area contributed by atoms with Crippen LogP contribution in [0.25, 0.3) is 0 Å². The van der Waals surface area contributed by atoms with Crippen molar-refractivity contribution in [2.45, 2.75) is 17.4 Å². The number of hydrogen-bond donors (Lipinski definition) is 2. The highest BCUT2D eigenvalue weighted by Crippen LogP contribution is 2.26. The Morgan fingerprint density at radius 3 is 2.31 bits per heavy atom. The van der Waals surface area contributed by atoms with E-state index in [1.807, 2.05) is 18.2 Å². The molecule has 1 heterocycles. The summed E-state index contributed by atoms with van der Waals surface area (Å²) in [5, 5.41) is 11.6. The van der Waals surface area contributed by atoms with Crippen LogP contribution in [0.3, 0.4) is 0 Å². The van der Waals surface area contributed by atoms with Crippen LogP contribution in [0.15, 0.2) is 59.5 Å². The summed E-state index contributed by atoms with van der Waals surface area (Å²) in [6, 6.07) is 13.2. The third-order valence-electron chi connectivity index (χ3n) is 3.85. The number of nitrogens with zero attached hydrogens (tertiary/aromatic N) is 1. The predicted octanol–water partition coefficient (Wildman–Crippen LogP) is 1.40. The normalized spacial score (nSPS) is 18.2. The molecule has 1 saturated heterocycles. The Bertz CT molecular complexity index is 912. The Balaban J connectivity index is 1.83. The molecule has 8 nitrogen and oxygen atoms in total. The van der Waals surface area contributed by atoms with Crippen LogP contribution in [0.1, 0.15) is 6.42 Å². The Morgan fingerprint density at radius 1 is 1.08 bits per heavy atom. The zero-order chi connectivity index (χ0) is 18.7. The van der Waals surface area contributed by atoms with Gasteiger partial charge in [-0.05, 0) is 36.4 Å². The van der Waals surface area contributed by atoms with Gasteiger partial charge in [-0.15, -0.1) is 0 Å². The van der Waals surface area contributed by atoms with Crippen molar-refractivity contribution in [2.75, 3.05) is 6.67 Å². The Kier molecular flexibility index (Phi) is 4.92. The number of benzene rings is 2. The molecule has 0 saturated carbocycles. The molecule has 0 aliphatic carbocycles. The lowest BCUT2D eigenvalue weighted by atomic mass is 10.2. The summed E-state index contributed by atoms with van der Waals surface area (Å²) >= 11 is 0. The van der Waals surface area contributed by atoms with Gasteiger partial charge in [0.25, 0.3) is 0 Å². The minimum absolute atomic E-state index is 0.0830. The molecule has 2 aromatic rings. The van der Waals surface area contributed by atoms with Gasteiger partial charge in [-0.2, -0.15) is 4.31 Å². The van der Waals surface area contributed by atoms with Gasteiger partial charge in [-0.25, -0.2) is 8.42 Å². The van der Waals surface area contributed by atoms with Crippen molar-refractivity contribution in [3.05, 3.63) is 54.6 Å². The molecule has 1 atom stereocenters. The van der Waals surface area contributed by atoms with E-state index < -0.39 is 34.4 Å². The molecule has 1 unspecified atom stereocenters. The number of aliphatic carboxylic acids is 1. The summed E-state index contributed by atoms with van der Waals surface area (Å²) in [7, 11) is -4.09. The lowest BCUT2D eigenvalue weighted by Gasteiger charge is -2.31. The molecule has 1 aliphatic heterocycles. The third kappa shape index (κ3) is 3.68. The van der Waals surface area contributed by atoms with Gasteiger partial charge in [-0.3, -0.25) is 9.59 Å². The van der Waals surface area contributed by atoms with E-state index in [0.29, 0.717) is 11.5 Å². The molecule has 2 N–H and O–H groups in total. The minimum Gasteiger partial charge on any atom is -0.480 e. The average Bonchev–Trinajstić information content (AvgIpc) is 2.62. The molecule has 0 radical (unpaired) electrons. The van der Waals surface area contributed by atoms with Crippen molar-refractivity contribution in [1.82, 2.24) is 9.62 Å². The summed E-state index contributed by atoms with van der Waals surface area (Å²) in [4.78, 5) is 22.6. The van der Waals surface area contributed by atoms with E-state index in [1.165, 1.54) is 24.3 Å². The quantitative estimate of drug-likeness (QED) is 0.816. The van der Waals surface area contributed by atoms with Crippen LogP contribution in [0.5, 0.6) is 11.5 Å². The minimum atomic E-state index is -4.09. The Morgan fingerprint density at radius 2 is 1.69 bits per heavy atom. The molecular weight excluding hydrogens is 360 g/mol. The number of carbonyl (C=O) groups excluding carboxylic acids is 1. The second kappa shape index (κ2) is 7.14. The first kappa shape index (κ1) is 17.9. The zero-order valence-electron chi connectivity index (χ0n) is 13.5. The second-order valence-corrected chi connectivity index (χ2v) is 7.49. The summed E-state index contributed by atoms with van der Waals surface area (Å²) in [6.07, 6.45) is -0.427. The van der Waals surface area contributed by atoms with Gasteiger partial charge < -0.3 is 15.2 Å². The van der Waals surface area contributed by atoms with Crippen molar-refractivity contribution in [3.8, 4) is 11.5 Å². The number of carboxylic acids is 1. The molecule has 136 valence electrons. The lowest BCUT2D eigenvalue weighted by molar-refractivity contribution is -0.145. The van der Waals surface area contributed by atoms with Crippen LogP contribution in [0.4, 0.5) is 0 Å². The number of ether oxygens (including phenoxy) is 1. The van der Waals surface area contributed by atoms with Crippen LogP contribution in [-0.2, 0) is 19.6 Å². The third-order valence-corrected chi connectivity index (χ3v) is 5.72. The van der Waals surface area contributed by atoms with E-state index in [0.717, 1.165) is 4.31 Å². The maximum Gasteiger partial charge on any atom is 0.322 e. The summed E-state index contributed by atoms with van der Waals surface area (Å²) in [5.41, 5.74) is 0. The van der Waals surface area contributed by atoms with Crippen LogP contribution >= 0.6 is 0 Å². The molecule has 26 heavy (non-hydrogen) atoms. The molecule has 0 spiro atoms. The molecule has 1 amide bonds. The van der Waals surface area contributed by atoms with Gasteiger partial charge in [0, 0.05) is 0 Å². The average molecular weight is 376 g/mol. The van der Waals surface area contributed by atoms with Crippen LogP contribution < -0.4 is 10.1 Å². The van der Waals surface area contributed by atoms with Gasteiger partial charge in [0.2, 0.25) is 15.9 Å². The Hall–Kier alpha value is -2.91. The number of amides is 1. The van der Waals surface area contributed by atoms with E-state index in [1.54, 1.807) is 12.1 Å². The number of nitrogens with one attached hydrogen (secondary N) is 1. The molecule has 0 bridgehead atoms. The first-order valence-corrected chi connectivity index (χ1v) is 9.16. The van der Waals surface area contributed by atoms with Gasteiger partial charge in [0.05, 0.1) is 18.0 Å². The van der Waals surface area contributed by atoms with E-state index in [2.05, 4.69) is 5.32 Å². The van der Waals surface area contributed by atoms with Crippen LogP contribution in [0.2, 0.25) is 0 Å². The Labute approximate surface area is 150 Å². The van der Waals surface area contributed by atoms with Crippen molar-refractivity contribution >= 4 is 21.9 Å². The first-order valence-electron chi connectivity index (χ1n) is 7.72. The number of carbonyl (C=O) groups is 2. The highest BCUT2D eigenvalue weighted by Gasteiger charge is 2.40. The second-order valence-electron chi connectivity index (χ2n) is 5.59. The highest BCUT2D eigenvalue weighted by molar-refractivity contribution is 7.89. The lowest BCUT2D eigenvalue weighted by Crippen LogP contribution is -2.56. The molecule has 2 aromatic carbocycles. The molecule has 9 heteroatoms. The largest absolute Gasteiger partial charge is 0.480 e. The fraction of sp³-hybridized carbons (Fsp3) is 0.176. The summed E-state index contributed by atoms with van der Waals surface area (Å²) < 4.78 is 31.9. The zero-order valence-corrected chi connectivity index (χ0v) is 14.3. The summed E-state index contributed by atoms with van der Waals surface area (Å²) in [6.45, 7) is -0.388. The molecule has 1 aliphatic rings. The van der Waals surface area contributed by atoms with Crippen molar-refractivity contribution in [2.24, 2.45) is 0 Å². The highest BCUT2D eigenvalue weighted by atomic mass is 32.2. The SMILES string of the molecule is O=C1CC(C(=O)O)N(S(=O)(=O)c2ccc(Oc3ccccc3)cc2)CN1. The number of rotatable bonds is 5. The fourth-order valence-corrected chi connectivity index (χ4v) is 4.01. The number of sulfonamides is 1. The predicted molar refractivity (Wildman–Crippen MR) is 91.0 cm³/mol.